The van der Waals surface area contributed by atoms with Crippen LogP contribution in [0.4, 0.5) is 11.4 Å². The van der Waals surface area contributed by atoms with Crippen LogP contribution in [0, 0.1) is 0 Å². The summed E-state index contributed by atoms with van der Waals surface area (Å²) >= 11 is 1.61. The molecule has 0 radical (unpaired) electrons. The minimum atomic E-state index is -0.0723. The van der Waals surface area contributed by atoms with Crippen LogP contribution in [0.5, 0.6) is 0 Å². The second-order valence-electron chi connectivity index (χ2n) is 7.63. The van der Waals surface area contributed by atoms with Gasteiger partial charge in [-0.2, -0.15) is 0 Å². The van der Waals surface area contributed by atoms with Crippen molar-refractivity contribution in [1.29, 1.82) is 0 Å². The van der Waals surface area contributed by atoms with Gasteiger partial charge in [0.25, 0.3) is 11.8 Å². The number of amides is 2. The van der Waals surface area contributed by atoms with Gasteiger partial charge in [0.15, 0.2) is 0 Å². The van der Waals surface area contributed by atoms with E-state index in [2.05, 4.69) is 11.4 Å². The van der Waals surface area contributed by atoms with E-state index in [4.69, 9.17) is 0 Å². The van der Waals surface area contributed by atoms with Crippen molar-refractivity contribution in [2.75, 3.05) is 16.8 Å². The fourth-order valence-corrected chi connectivity index (χ4v) is 5.35. The molecule has 3 aromatic rings. The number of anilines is 2. The number of rotatable bonds is 3. The Balaban J connectivity index is 1.28. The Kier molecular flexibility index (Phi) is 4.68. The van der Waals surface area contributed by atoms with E-state index in [9.17, 15) is 9.59 Å². The van der Waals surface area contributed by atoms with Crippen LogP contribution in [0.2, 0.25) is 0 Å². The summed E-state index contributed by atoms with van der Waals surface area (Å²) in [7, 11) is 0. The van der Waals surface area contributed by atoms with Gasteiger partial charge in [-0.15, -0.1) is 11.3 Å². The Hall–Kier alpha value is -2.92. The zero-order valence-corrected chi connectivity index (χ0v) is 16.9. The number of aryl methyl sites for hydroxylation is 2. The van der Waals surface area contributed by atoms with E-state index in [1.807, 2.05) is 29.2 Å². The molecule has 0 spiro atoms. The minimum absolute atomic E-state index is 0.00115. The molecule has 5 heteroatoms. The van der Waals surface area contributed by atoms with Gasteiger partial charge in [-0.1, -0.05) is 18.2 Å². The van der Waals surface area contributed by atoms with E-state index in [0.717, 1.165) is 29.8 Å². The van der Waals surface area contributed by atoms with Gasteiger partial charge < -0.3 is 10.2 Å². The van der Waals surface area contributed by atoms with Crippen LogP contribution in [0.15, 0.2) is 54.6 Å². The third-order valence-electron chi connectivity index (χ3n) is 5.74. The van der Waals surface area contributed by atoms with Gasteiger partial charge in [0.05, 0.1) is 4.88 Å². The van der Waals surface area contributed by atoms with Crippen molar-refractivity contribution in [3.63, 3.8) is 0 Å². The lowest BCUT2D eigenvalue weighted by Crippen LogP contribution is -2.28. The van der Waals surface area contributed by atoms with Crippen molar-refractivity contribution >= 4 is 34.5 Å². The zero-order valence-electron chi connectivity index (χ0n) is 16.1. The Labute approximate surface area is 174 Å². The largest absolute Gasteiger partial charge is 0.321 e. The standard InChI is InChI=1S/C24H22N2O2S/c27-23(22-15-18-6-2-4-8-21(18)29-22)25-19-11-9-17(10-12-19)24(28)26-14-13-16-5-1-3-7-20(16)26/h1,3,5,7,9-12,15H,2,4,6,8,13-14H2,(H,25,27). The van der Waals surface area contributed by atoms with E-state index >= 15 is 0 Å². The number of benzene rings is 2. The van der Waals surface area contributed by atoms with E-state index in [-0.39, 0.29) is 11.8 Å². The summed E-state index contributed by atoms with van der Waals surface area (Å²) in [4.78, 5) is 29.5. The van der Waals surface area contributed by atoms with Crippen LogP contribution in [0.25, 0.3) is 0 Å². The molecule has 0 saturated carbocycles. The summed E-state index contributed by atoms with van der Waals surface area (Å²) in [5.41, 5.74) is 4.88. The number of para-hydroxylation sites is 1. The van der Waals surface area contributed by atoms with Gasteiger partial charge in [0.1, 0.15) is 0 Å². The molecule has 1 aliphatic carbocycles. The number of carbonyl (C=O) groups is 2. The highest BCUT2D eigenvalue weighted by molar-refractivity contribution is 7.14. The molecule has 2 aliphatic rings. The van der Waals surface area contributed by atoms with E-state index in [0.29, 0.717) is 17.8 Å². The van der Waals surface area contributed by atoms with E-state index in [1.165, 1.54) is 28.8 Å². The summed E-state index contributed by atoms with van der Waals surface area (Å²) < 4.78 is 0. The molecule has 1 aromatic heterocycles. The van der Waals surface area contributed by atoms with E-state index < -0.39 is 0 Å². The molecule has 2 amide bonds. The summed E-state index contributed by atoms with van der Waals surface area (Å²) in [6.45, 7) is 0.708. The summed E-state index contributed by atoms with van der Waals surface area (Å²) in [5, 5.41) is 2.97. The van der Waals surface area contributed by atoms with Crippen molar-refractivity contribution in [3.8, 4) is 0 Å². The fourth-order valence-electron chi connectivity index (χ4n) is 4.20. The molecule has 29 heavy (non-hydrogen) atoms. The van der Waals surface area contributed by atoms with Gasteiger partial charge in [-0.05, 0) is 79.6 Å². The Morgan fingerprint density at radius 1 is 0.897 bits per heavy atom. The van der Waals surface area contributed by atoms with Crippen LogP contribution in [-0.4, -0.2) is 18.4 Å². The molecule has 0 fully saturated rings. The summed E-state index contributed by atoms with van der Waals surface area (Å²) in [6, 6.07) is 17.3. The minimum Gasteiger partial charge on any atom is -0.321 e. The first-order chi connectivity index (χ1) is 14.2. The van der Waals surface area contributed by atoms with Gasteiger partial charge in [0.2, 0.25) is 0 Å². The van der Waals surface area contributed by atoms with Crippen molar-refractivity contribution in [2.24, 2.45) is 0 Å². The Morgan fingerprint density at radius 3 is 2.52 bits per heavy atom. The number of nitrogens with zero attached hydrogens (tertiary/aromatic N) is 1. The van der Waals surface area contributed by atoms with Gasteiger partial charge in [-0.3, -0.25) is 9.59 Å². The van der Waals surface area contributed by atoms with Crippen LogP contribution < -0.4 is 10.2 Å². The molecule has 2 aromatic carbocycles. The second kappa shape index (κ2) is 7.48. The lowest BCUT2D eigenvalue weighted by Gasteiger charge is -2.17. The molecular weight excluding hydrogens is 380 g/mol. The zero-order chi connectivity index (χ0) is 19.8. The fraction of sp³-hybridized carbons (Fsp3) is 0.250. The molecule has 4 nitrogen and oxygen atoms in total. The SMILES string of the molecule is O=C(Nc1ccc(C(=O)N2CCc3ccccc32)cc1)c1cc2c(s1)CCCC2. The Morgan fingerprint density at radius 2 is 1.69 bits per heavy atom. The molecule has 1 N–H and O–H groups in total. The molecule has 1 aliphatic heterocycles. The quantitative estimate of drug-likeness (QED) is 0.664. The first kappa shape index (κ1) is 18.1. The molecule has 5 rings (SSSR count). The number of carbonyl (C=O) groups excluding carboxylic acids is 2. The van der Waals surface area contributed by atoms with Gasteiger partial charge >= 0.3 is 0 Å². The number of hydrogen-bond donors (Lipinski definition) is 1. The average molecular weight is 403 g/mol. The maximum Gasteiger partial charge on any atom is 0.265 e. The van der Waals surface area contributed by atoms with Crippen molar-refractivity contribution in [3.05, 3.63) is 81.0 Å². The van der Waals surface area contributed by atoms with Crippen LogP contribution >= 0.6 is 11.3 Å². The molecule has 0 bridgehead atoms. The summed E-state index contributed by atoms with van der Waals surface area (Å²) in [5.74, 6) is -0.0734. The maximum absolute atomic E-state index is 12.9. The lowest BCUT2D eigenvalue weighted by molar-refractivity contribution is 0.0988. The lowest BCUT2D eigenvalue weighted by atomic mass is 9.99. The van der Waals surface area contributed by atoms with Crippen LogP contribution in [0.3, 0.4) is 0 Å². The highest BCUT2D eigenvalue weighted by Crippen LogP contribution is 2.31. The van der Waals surface area contributed by atoms with Crippen molar-refractivity contribution in [1.82, 2.24) is 0 Å². The van der Waals surface area contributed by atoms with E-state index in [1.54, 1.807) is 35.6 Å². The number of hydrogen-bond acceptors (Lipinski definition) is 3. The first-order valence-corrected chi connectivity index (χ1v) is 10.9. The predicted octanol–water partition coefficient (Wildman–Crippen LogP) is 5.08. The third-order valence-corrected chi connectivity index (χ3v) is 6.98. The first-order valence-electron chi connectivity index (χ1n) is 10.1. The van der Waals surface area contributed by atoms with Crippen LogP contribution in [-0.2, 0) is 19.3 Å². The molecule has 2 heterocycles. The normalized spacial score (nSPS) is 15.0. The molecule has 0 atom stereocenters. The molecule has 0 saturated heterocycles. The molecule has 146 valence electrons. The average Bonchev–Trinajstić information content (AvgIpc) is 3.38. The van der Waals surface area contributed by atoms with Gasteiger partial charge in [-0.25, -0.2) is 0 Å². The highest BCUT2D eigenvalue weighted by atomic mass is 32.1. The number of nitrogens with one attached hydrogen (secondary N) is 1. The van der Waals surface area contributed by atoms with Crippen molar-refractivity contribution < 1.29 is 9.59 Å². The van der Waals surface area contributed by atoms with Crippen molar-refractivity contribution in [2.45, 2.75) is 32.1 Å². The number of thiophene rings is 1. The molecule has 0 unspecified atom stereocenters. The smallest absolute Gasteiger partial charge is 0.265 e. The third kappa shape index (κ3) is 3.47. The van der Waals surface area contributed by atoms with Gasteiger partial charge in [0, 0.05) is 28.4 Å². The highest BCUT2D eigenvalue weighted by Gasteiger charge is 2.25. The predicted molar refractivity (Wildman–Crippen MR) is 117 cm³/mol. The Bertz CT molecular complexity index is 1060. The maximum atomic E-state index is 12.9. The summed E-state index contributed by atoms with van der Waals surface area (Å²) in [6.07, 6.45) is 5.48. The second-order valence-corrected chi connectivity index (χ2v) is 8.77. The van der Waals surface area contributed by atoms with Crippen LogP contribution in [0.1, 0.15) is 48.9 Å². The topological polar surface area (TPSA) is 49.4 Å². The number of fused-ring (bicyclic) bond motifs is 2. The monoisotopic (exact) mass is 402 g/mol. The molecular formula is C24H22N2O2S.